The van der Waals surface area contributed by atoms with Crippen molar-refractivity contribution in [2.45, 2.75) is 116 Å². The van der Waals surface area contributed by atoms with E-state index in [0.717, 1.165) is 32.2 Å². The maximum atomic E-state index is 13.7. The number of carbonyl (C=O) groups is 2. The van der Waals surface area contributed by atoms with E-state index in [4.69, 9.17) is 15.0 Å². The SMILES string of the molecule is CC(C)C[C@H](NC(=O)[C@H](CCCN=C(N)N[N+](=O)[O-])NC(=O)[C@@H]1CCCCN1)B1O[C@@H]2C[C@H]3C[C@H](C3(C)C)[C@]2(C)O1. The Morgan fingerprint density at radius 1 is 1.22 bits per heavy atom. The zero-order valence-corrected chi connectivity index (χ0v) is 25.1. The molecule has 2 saturated heterocycles. The summed E-state index contributed by atoms with van der Waals surface area (Å²) < 4.78 is 13.2. The van der Waals surface area contributed by atoms with Crippen LogP contribution in [0.4, 0.5) is 0 Å². The van der Waals surface area contributed by atoms with Crippen molar-refractivity contribution in [1.29, 1.82) is 0 Å². The van der Waals surface area contributed by atoms with Crippen molar-refractivity contribution in [3.63, 3.8) is 0 Å². The molecule has 0 aromatic carbocycles. The average Bonchev–Trinajstić information content (AvgIpc) is 3.26. The second-order valence-electron chi connectivity index (χ2n) is 13.4. The van der Waals surface area contributed by atoms with Crippen LogP contribution in [0.25, 0.3) is 0 Å². The Hall–Kier alpha value is -2.45. The van der Waals surface area contributed by atoms with Gasteiger partial charge < -0.3 is 31.0 Å². The monoisotopic (exact) mass is 577 g/mol. The van der Waals surface area contributed by atoms with Crippen LogP contribution in [0.3, 0.4) is 0 Å². The molecule has 5 rings (SSSR count). The summed E-state index contributed by atoms with van der Waals surface area (Å²) in [5.41, 5.74) is 7.14. The van der Waals surface area contributed by atoms with Crippen LogP contribution in [0.15, 0.2) is 4.99 Å². The van der Waals surface area contributed by atoms with Crippen LogP contribution in [-0.2, 0) is 18.9 Å². The molecule has 0 unspecified atom stereocenters. The van der Waals surface area contributed by atoms with E-state index in [1.807, 2.05) is 0 Å². The normalized spacial score (nSPS) is 32.0. The summed E-state index contributed by atoms with van der Waals surface area (Å²) in [5, 5.41) is 19.1. The highest BCUT2D eigenvalue weighted by Crippen LogP contribution is 2.65. The van der Waals surface area contributed by atoms with Crippen LogP contribution in [0.5, 0.6) is 0 Å². The van der Waals surface area contributed by atoms with E-state index in [2.05, 4.69) is 55.6 Å². The highest BCUT2D eigenvalue weighted by molar-refractivity contribution is 6.48. The van der Waals surface area contributed by atoms with Crippen LogP contribution >= 0.6 is 0 Å². The number of hydrogen-bond acceptors (Lipinski definition) is 8. The Labute approximate surface area is 243 Å². The lowest BCUT2D eigenvalue weighted by molar-refractivity contribution is -0.525. The van der Waals surface area contributed by atoms with E-state index in [1.54, 1.807) is 5.43 Å². The molecule has 0 spiro atoms. The smallest absolute Gasteiger partial charge is 0.404 e. The number of nitrogens with two attached hydrogens (primary N) is 1. The lowest BCUT2D eigenvalue weighted by Crippen LogP contribution is -2.65. The second-order valence-corrected chi connectivity index (χ2v) is 13.4. The fourth-order valence-electron chi connectivity index (χ4n) is 7.34. The van der Waals surface area contributed by atoms with Gasteiger partial charge in [-0.05, 0) is 81.6 Å². The predicted molar refractivity (Wildman–Crippen MR) is 155 cm³/mol. The van der Waals surface area contributed by atoms with Crippen LogP contribution in [0.1, 0.15) is 86.0 Å². The van der Waals surface area contributed by atoms with Gasteiger partial charge in [-0.3, -0.25) is 9.59 Å². The molecule has 2 bridgehead atoms. The van der Waals surface area contributed by atoms with Crippen molar-refractivity contribution in [2.24, 2.45) is 33.9 Å². The van der Waals surface area contributed by atoms with E-state index < -0.39 is 23.8 Å². The predicted octanol–water partition coefficient (Wildman–Crippen LogP) is 1.29. The minimum atomic E-state index is -0.813. The van der Waals surface area contributed by atoms with Gasteiger partial charge in [0.1, 0.15) is 6.04 Å². The van der Waals surface area contributed by atoms with E-state index in [0.29, 0.717) is 37.5 Å². The first kappa shape index (κ1) is 31.5. The molecule has 2 aliphatic heterocycles. The molecule has 13 nitrogen and oxygen atoms in total. The second kappa shape index (κ2) is 12.8. The minimum absolute atomic E-state index is 0.000176. The zero-order chi connectivity index (χ0) is 29.9. The average molecular weight is 578 g/mol. The lowest BCUT2D eigenvalue weighted by atomic mass is 9.43. The fourth-order valence-corrected chi connectivity index (χ4v) is 7.34. The standard InChI is InChI=1S/C27H48BN7O6/c1-16(2)13-22(28-40-21-15-17-14-20(26(17,3)4)27(21,5)41-28)33-24(37)19(10-8-12-31-25(29)34-35(38)39)32-23(36)18-9-6-7-11-30-18/h16-22,30H,6-15H2,1-5H3,(H,32,36)(H,33,37)(H3,29,31,34)/t17-,18+,19+,20-,21-,22+,27+/m1/s1. The molecule has 5 fully saturated rings. The number of aliphatic imine (C=N–C) groups is 1. The Kier molecular flexibility index (Phi) is 9.85. The van der Waals surface area contributed by atoms with Crippen molar-refractivity contribution >= 4 is 24.9 Å². The van der Waals surface area contributed by atoms with Gasteiger partial charge >= 0.3 is 7.12 Å². The van der Waals surface area contributed by atoms with Crippen molar-refractivity contribution in [1.82, 2.24) is 21.4 Å². The van der Waals surface area contributed by atoms with Crippen LogP contribution in [0.2, 0.25) is 0 Å². The number of hydrazine groups is 1. The highest BCUT2D eigenvalue weighted by Gasteiger charge is 2.68. The van der Waals surface area contributed by atoms with E-state index >= 15 is 0 Å². The molecule has 2 amide bonds. The van der Waals surface area contributed by atoms with Gasteiger partial charge in [0.05, 0.1) is 23.7 Å². The van der Waals surface area contributed by atoms with Gasteiger partial charge in [-0.2, -0.15) is 0 Å². The summed E-state index contributed by atoms with van der Waals surface area (Å²) in [6, 6.07) is -1.16. The van der Waals surface area contributed by atoms with Crippen molar-refractivity contribution in [3.05, 3.63) is 10.1 Å². The molecular formula is C27H48BN7O6. The topological polar surface area (TPSA) is 182 Å². The van der Waals surface area contributed by atoms with Gasteiger partial charge in [0.2, 0.25) is 11.8 Å². The highest BCUT2D eigenvalue weighted by atomic mass is 16.7. The molecule has 3 saturated carbocycles. The Balaban J connectivity index is 1.43. The molecule has 230 valence electrons. The van der Waals surface area contributed by atoms with Crippen LogP contribution < -0.4 is 27.1 Å². The molecule has 0 aromatic heterocycles. The first-order valence-corrected chi connectivity index (χ1v) is 15.2. The van der Waals surface area contributed by atoms with Crippen molar-refractivity contribution in [3.8, 4) is 0 Å². The molecule has 0 aromatic rings. The number of nitrogens with zero attached hydrogens (tertiary/aromatic N) is 2. The lowest BCUT2D eigenvalue weighted by Gasteiger charge is -2.64. The number of amides is 2. The molecule has 5 aliphatic rings. The number of nitro groups is 1. The minimum Gasteiger partial charge on any atom is -0.404 e. The fraction of sp³-hybridized carbons (Fsp3) is 0.889. The first-order valence-electron chi connectivity index (χ1n) is 15.2. The quantitative estimate of drug-likeness (QED) is 0.0570. The summed E-state index contributed by atoms with van der Waals surface area (Å²) >= 11 is 0. The Morgan fingerprint density at radius 2 is 1.98 bits per heavy atom. The number of guanidine groups is 1. The van der Waals surface area contributed by atoms with E-state index in [-0.39, 0.29) is 53.7 Å². The molecule has 2 heterocycles. The Morgan fingerprint density at radius 3 is 2.61 bits per heavy atom. The summed E-state index contributed by atoms with van der Waals surface area (Å²) in [4.78, 5) is 41.3. The largest absolute Gasteiger partial charge is 0.481 e. The maximum Gasteiger partial charge on any atom is 0.481 e. The third kappa shape index (κ3) is 7.14. The number of hydrogen-bond donors (Lipinski definition) is 5. The summed E-state index contributed by atoms with van der Waals surface area (Å²) in [6.07, 6.45) is 6.12. The summed E-state index contributed by atoms with van der Waals surface area (Å²) in [6.45, 7) is 11.9. The third-order valence-electron chi connectivity index (χ3n) is 9.75. The first-order chi connectivity index (χ1) is 19.3. The van der Waals surface area contributed by atoms with E-state index in [9.17, 15) is 19.7 Å². The van der Waals surface area contributed by atoms with Crippen LogP contribution in [0, 0.1) is 33.3 Å². The van der Waals surface area contributed by atoms with Crippen molar-refractivity contribution in [2.75, 3.05) is 13.1 Å². The van der Waals surface area contributed by atoms with Crippen molar-refractivity contribution < 1.29 is 23.9 Å². The molecular weight excluding hydrogens is 529 g/mol. The Bertz CT molecular complexity index is 1010. The molecule has 0 radical (unpaired) electrons. The van der Waals surface area contributed by atoms with Gasteiger partial charge in [0, 0.05) is 6.54 Å². The number of piperidine rings is 1. The van der Waals surface area contributed by atoms with Gasteiger partial charge in [-0.1, -0.05) is 39.5 Å². The van der Waals surface area contributed by atoms with Gasteiger partial charge in [0.25, 0.3) is 5.96 Å². The molecule has 6 N–H and O–H groups in total. The van der Waals surface area contributed by atoms with E-state index in [1.165, 1.54) is 0 Å². The molecule has 3 aliphatic carbocycles. The number of carbonyl (C=O) groups excluding carboxylic acids is 2. The third-order valence-corrected chi connectivity index (χ3v) is 9.75. The molecule has 14 heteroatoms. The van der Waals surface area contributed by atoms with Gasteiger partial charge in [-0.15, -0.1) is 0 Å². The maximum absolute atomic E-state index is 13.7. The number of rotatable bonds is 12. The van der Waals surface area contributed by atoms with Crippen LogP contribution in [-0.4, -0.2) is 72.7 Å². The molecule has 7 atom stereocenters. The zero-order valence-electron chi connectivity index (χ0n) is 25.1. The summed E-state index contributed by atoms with van der Waals surface area (Å²) in [5.74, 6) is 0.0989. The molecule has 41 heavy (non-hydrogen) atoms. The van der Waals surface area contributed by atoms with Gasteiger partial charge in [0.15, 0.2) is 5.03 Å². The number of nitrogens with one attached hydrogen (secondary N) is 4. The van der Waals surface area contributed by atoms with Gasteiger partial charge in [-0.25, -0.2) is 15.1 Å². The summed E-state index contributed by atoms with van der Waals surface area (Å²) in [7, 11) is -0.569.